The van der Waals surface area contributed by atoms with Crippen molar-refractivity contribution in [1.29, 1.82) is 0 Å². The zero-order valence-corrected chi connectivity index (χ0v) is 9.63. The van der Waals surface area contributed by atoms with Crippen LogP contribution in [0.2, 0.25) is 0 Å². The zero-order valence-electron chi connectivity index (χ0n) is 9.63. The minimum atomic E-state index is -0.117. The first-order valence-electron chi connectivity index (χ1n) is 5.50. The maximum absolute atomic E-state index is 11.9. The second-order valence-electron chi connectivity index (χ2n) is 3.58. The normalized spacial score (nSPS) is 10.2. The number of pyridine rings is 1. The van der Waals surface area contributed by atoms with Crippen molar-refractivity contribution < 1.29 is 4.79 Å². The molecule has 0 aliphatic heterocycles. The van der Waals surface area contributed by atoms with Crippen LogP contribution in [-0.2, 0) is 13.1 Å². The van der Waals surface area contributed by atoms with E-state index in [1.54, 1.807) is 29.3 Å². The molecule has 2 heterocycles. The van der Waals surface area contributed by atoms with Gasteiger partial charge in [-0.1, -0.05) is 6.07 Å². The summed E-state index contributed by atoms with van der Waals surface area (Å²) in [4.78, 5) is 15.9. The highest BCUT2D eigenvalue weighted by molar-refractivity contribution is 5.92. The topological polar surface area (TPSA) is 59.8 Å². The smallest absolute Gasteiger partial charge is 0.269 e. The molecule has 5 heteroatoms. The predicted molar refractivity (Wildman–Crippen MR) is 63.3 cm³/mol. The molecule has 2 aromatic heterocycles. The minimum absolute atomic E-state index is 0.117. The van der Waals surface area contributed by atoms with Crippen LogP contribution in [0.3, 0.4) is 0 Å². The number of amides is 1. The van der Waals surface area contributed by atoms with Crippen LogP contribution in [0.4, 0.5) is 0 Å². The van der Waals surface area contributed by atoms with E-state index in [4.69, 9.17) is 0 Å². The molecule has 1 N–H and O–H groups in total. The molecular formula is C12H14N4O. The average Bonchev–Trinajstić information content (AvgIpc) is 2.85. The van der Waals surface area contributed by atoms with Gasteiger partial charge in [-0.3, -0.25) is 14.5 Å². The number of hydrogen-bond acceptors (Lipinski definition) is 3. The highest BCUT2D eigenvalue weighted by Crippen LogP contribution is 2.00. The Morgan fingerprint density at radius 3 is 3.00 bits per heavy atom. The van der Waals surface area contributed by atoms with Gasteiger partial charge in [0.1, 0.15) is 5.69 Å². The lowest BCUT2D eigenvalue weighted by molar-refractivity contribution is 0.0940. The van der Waals surface area contributed by atoms with Gasteiger partial charge in [-0.05, 0) is 24.6 Å². The molecule has 0 saturated carbocycles. The van der Waals surface area contributed by atoms with Crippen molar-refractivity contribution in [2.75, 3.05) is 0 Å². The number of carbonyl (C=O) groups is 1. The monoisotopic (exact) mass is 230 g/mol. The molecule has 0 atom stereocenters. The van der Waals surface area contributed by atoms with Gasteiger partial charge in [0, 0.05) is 31.7 Å². The summed E-state index contributed by atoms with van der Waals surface area (Å²) in [6.07, 6.45) is 5.07. The van der Waals surface area contributed by atoms with E-state index in [9.17, 15) is 4.79 Å². The molecule has 0 bridgehead atoms. The van der Waals surface area contributed by atoms with E-state index < -0.39 is 0 Å². The van der Waals surface area contributed by atoms with E-state index in [1.807, 2.05) is 19.1 Å². The average molecular weight is 230 g/mol. The fourth-order valence-electron chi connectivity index (χ4n) is 1.55. The van der Waals surface area contributed by atoms with E-state index in [0.29, 0.717) is 18.8 Å². The Labute approximate surface area is 99.5 Å². The molecule has 0 radical (unpaired) electrons. The molecule has 1 amide bonds. The van der Waals surface area contributed by atoms with Gasteiger partial charge in [-0.15, -0.1) is 0 Å². The second kappa shape index (κ2) is 5.25. The first-order valence-corrected chi connectivity index (χ1v) is 5.50. The summed E-state index contributed by atoms with van der Waals surface area (Å²) in [7, 11) is 0. The number of nitrogens with one attached hydrogen (secondary N) is 1. The minimum Gasteiger partial charge on any atom is -0.347 e. The van der Waals surface area contributed by atoms with Crippen molar-refractivity contribution in [2.45, 2.75) is 20.0 Å². The van der Waals surface area contributed by atoms with Gasteiger partial charge in [-0.2, -0.15) is 5.10 Å². The molecular weight excluding hydrogens is 216 g/mol. The lowest BCUT2D eigenvalue weighted by Crippen LogP contribution is -2.25. The van der Waals surface area contributed by atoms with Crippen molar-refractivity contribution in [1.82, 2.24) is 20.1 Å². The maximum Gasteiger partial charge on any atom is 0.269 e. The Bertz CT molecular complexity index is 492. The summed E-state index contributed by atoms with van der Waals surface area (Å²) in [5, 5.41) is 6.89. The molecule has 88 valence electrons. The van der Waals surface area contributed by atoms with Gasteiger partial charge < -0.3 is 5.32 Å². The van der Waals surface area contributed by atoms with Gasteiger partial charge >= 0.3 is 0 Å². The highest BCUT2D eigenvalue weighted by atomic mass is 16.2. The Morgan fingerprint density at radius 2 is 2.29 bits per heavy atom. The molecule has 2 aromatic rings. The molecule has 2 rings (SSSR count). The van der Waals surface area contributed by atoms with Crippen LogP contribution in [0.1, 0.15) is 23.0 Å². The standard InChI is InChI=1S/C12H14N4O/c1-2-16-11(5-7-15-16)12(17)14-9-10-4-3-6-13-8-10/h3-8H,2,9H2,1H3,(H,14,17). The van der Waals surface area contributed by atoms with Gasteiger partial charge in [-0.25, -0.2) is 0 Å². The third-order valence-electron chi connectivity index (χ3n) is 2.42. The Kier molecular flexibility index (Phi) is 3.49. The van der Waals surface area contributed by atoms with Crippen LogP contribution in [0.15, 0.2) is 36.8 Å². The van der Waals surface area contributed by atoms with Crippen LogP contribution in [0.5, 0.6) is 0 Å². The van der Waals surface area contributed by atoms with Crippen molar-refractivity contribution >= 4 is 5.91 Å². The Balaban J connectivity index is 1.98. The summed E-state index contributed by atoms with van der Waals surface area (Å²) in [6, 6.07) is 5.48. The van der Waals surface area contributed by atoms with Crippen molar-refractivity contribution in [3.8, 4) is 0 Å². The molecule has 0 unspecified atom stereocenters. The van der Waals surface area contributed by atoms with E-state index in [0.717, 1.165) is 5.56 Å². The molecule has 0 fully saturated rings. The van der Waals surface area contributed by atoms with Gasteiger partial charge in [0.15, 0.2) is 0 Å². The van der Waals surface area contributed by atoms with Crippen LogP contribution in [0.25, 0.3) is 0 Å². The van der Waals surface area contributed by atoms with Crippen LogP contribution in [-0.4, -0.2) is 20.7 Å². The van der Waals surface area contributed by atoms with E-state index in [2.05, 4.69) is 15.4 Å². The maximum atomic E-state index is 11.9. The summed E-state index contributed by atoms with van der Waals surface area (Å²) < 4.78 is 1.67. The number of aryl methyl sites for hydroxylation is 1. The molecule has 0 aromatic carbocycles. The van der Waals surface area contributed by atoms with Crippen molar-refractivity contribution in [2.24, 2.45) is 0 Å². The largest absolute Gasteiger partial charge is 0.347 e. The first kappa shape index (κ1) is 11.3. The number of carbonyl (C=O) groups excluding carboxylic acids is 1. The number of aromatic nitrogens is 3. The van der Waals surface area contributed by atoms with Gasteiger partial charge in [0.25, 0.3) is 5.91 Å². The summed E-state index contributed by atoms with van der Waals surface area (Å²) in [5.74, 6) is -0.117. The summed E-state index contributed by atoms with van der Waals surface area (Å²) in [6.45, 7) is 3.11. The predicted octanol–water partition coefficient (Wildman–Crippen LogP) is 1.23. The lowest BCUT2D eigenvalue weighted by Gasteiger charge is -2.06. The fourth-order valence-corrected chi connectivity index (χ4v) is 1.55. The summed E-state index contributed by atoms with van der Waals surface area (Å²) in [5.41, 5.74) is 1.56. The van der Waals surface area contributed by atoms with E-state index >= 15 is 0 Å². The van der Waals surface area contributed by atoms with Gasteiger partial charge in [0.2, 0.25) is 0 Å². The van der Waals surface area contributed by atoms with Gasteiger partial charge in [0.05, 0.1) is 0 Å². The van der Waals surface area contributed by atoms with E-state index in [1.165, 1.54) is 0 Å². The molecule has 0 aliphatic carbocycles. The van der Waals surface area contributed by atoms with Crippen molar-refractivity contribution in [3.05, 3.63) is 48.0 Å². The third-order valence-corrected chi connectivity index (χ3v) is 2.42. The zero-order chi connectivity index (χ0) is 12.1. The fraction of sp³-hybridized carbons (Fsp3) is 0.250. The molecule has 17 heavy (non-hydrogen) atoms. The molecule has 0 aliphatic rings. The molecule has 0 saturated heterocycles. The molecule has 5 nitrogen and oxygen atoms in total. The van der Waals surface area contributed by atoms with Crippen molar-refractivity contribution in [3.63, 3.8) is 0 Å². The molecule has 0 spiro atoms. The van der Waals surface area contributed by atoms with E-state index in [-0.39, 0.29) is 5.91 Å². The first-order chi connectivity index (χ1) is 8.31. The second-order valence-corrected chi connectivity index (χ2v) is 3.58. The Morgan fingerprint density at radius 1 is 1.41 bits per heavy atom. The number of hydrogen-bond donors (Lipinski definition) is 1. The summed E-state index contributed by atoms with van der Waals surface area (Å²) >= 11 is 0. The quantitative estimate of drug-likeness (QED) is 0.859. The SMILES string of the molecule is CCn1nccc1C(=O)NCc1cccnc1. The lowest BCUT2D eigenvalue weighted by atomic mass is 10.3. The Hall–Kier alpha value is -2.17. The third kappa shape index (κ3) is 2.69. The van der Waals surface area contributed by atoms with Crippen LogP contribution in [0, 0.1) is 0 Å². The van der Waals surface area contributed by atoms with Crippen LogP contribution < -0.4 is 5.32 Å². The highest BCUT2D eigenvalue weighted by Gasteiger charge is 2.10. The number of nitrogens with zero attached hydrogens (tertiary/aromatic N) is 3. The number of rotatable bonds is 4. The van der Waals surface area contributed by atoms with Crippen LogP contribution >= 0.6 is 0 Å².